The highest BCUT2D eigenvalue weighted by atomic mass is 32.1. The number of ether oxygens (including phenoxy) is 1. The fourth-order valence-corrected chi connectivity index (χ4v) is 2.09. The van der Waals surface area contributed by atoms with Gasteiger partial charge >= 0.3 is 5.97 Å². The van der Waals surface area contributed by atoms with Crippen molar-refractivity contribution < 1.29 is 36.3 Å². The molecule has 1 N–H and O–H groups in total. The minimum Gasteiger partial charge on any atom is -0.420 e. The number of amides is 1. The summed E-state index contributed by atoms with van der Waals surface area (Å²) in [5.41, 5.74) is 0. The van der Waals surface area contributed by atoms with Gasteiger partial charge in [0.25, 0.3) is 0 Å². The van der Waals surface area contributed by atoms with Crippen LogP contribution < -0.4 is 10.1 Å². The summed E-state index contributed by atoms with van der Waals surface area (Å²) in [5, 5.41) is 2.39. The Kier molecular flexibility index (Phi) is 7.86. The quantitative estimate of drug-likeness (QED) is 0.103. The largest absolute Gasteiger partial charge is 0.420 e. The van der Waals surface area contributed by atoms with Crippen molar-refractivity contribution in [2.24, 2.45) is 0 Å². The molecule has 26 heavy (non-hydrogen) atoms. The topological polar surface area (TPSA) is 55.4 Å². The number of carbonyl (C=O) groups is 2. The maximum absolute atomic E-state index is 13.4. The lowest BCUT2D eigenvalue weighted by Gasteiger charge is -2.16. The summed E-state index contributed by atoms with van der Waals surface area (Å²) in [5.74, 6) is -15.4. The Labute approximate surface area is 152 Å². The third-order valence-electron chi connectivity index (χ3n) is 3.23. The molecule has 0 saturated heterocycles. The number of hydrogen-bond acceptors (Lipinski definition) is 4. The molecule has 146 valence electrons. The number of thiol groups is 1. The first-order valence-electron chi connectivity index (χ1n) is 7.65. The number of halogens is 5. The first-order chi connectivity index (χ1) is 11.9. The number of hydrogen-bond donors (Lipinski definition) is 2. The highest BCUT2D eigenvalue weighted by Gasteiger charge is 2.29. The Balaban J connectivity index is 2.54. The predicted octanol–water partition coefficient (Wildman–Crippen LogP) is 3.67. The Morgan fingerprint density at radius 2 is 1.46 bits per heavy atom. The van der Waals surface area contributed by atoms with Gasteiger partial charge in [0.2, 0.25) is 40.7 Å². The predicted molar refractivity (Wildman–Crippen MR) is 86.4 cm³/mol. The Bertz CT molecular complexity index is 662. The van der Waals surface area contributed by atoms with Crippen molar-refractivity contribution in [3.63, 3.8) is 0 Å². The van der Waals surface area contributed by atoms with E-state index in [9.17, 15) is 31.5 Å². The van der Waals surface area contributed by atoms with Crippen LogP contribution in [0.2, 0.25) is 0 Å². The number of benzene rings is 1. The smallest absolute Gasteiger partial charge is 0.320 e. The summed E-state index contributed by atoms with van der Waals surface area (Å²) in [7, 11) is 0. The zero-order valence-corrected chi connectivity index (χ0v) is 15.0. The van der Waals surface area contributed by atoms with Gasteiger partial charge in [0.15, 0.2) is 0 Å². The van der Waals surface area contributed by atoms with Gasteiger partial charge in [-0.3, -0.25) is 9.59 Å². The van der Waals surface area contributed by atoms with Crippen molar-refractivity contribution in [2.45, 2.75) is 44.3 Å². The number of unbranched alkanes of at least 4 members (excludes halogenated alkanes) is 1. The van der Waals surface area contributed by atoms with Gasteiger partial charge in [-0.15, -0.1) is 0 Å². The first kappa shape index (κ1) is 22.2. The van der Waals surface area contributed by atoms with Crippen LogP contribution in [0.25, 0.3) is 0 Å². The average molecular weight is 399 g/mol. The Morgan fingerprint density at radius 1 is 0.962 bits per heavy atom. The van der Waals surface area contributed by atoms with Crippen molar-refractivity contribution in [1.82, 2.24) is 5.32 Å². The second-order valence-electron chi connectivity index (χ2n) is 6.17. The highest BCUT2D eigenvalue weighted by molar-refractivity contribution is 7.81. The first-order valence-corrected chi connectivity index (χ1v) is 8.10. The van der Waals surface area contributed by atoms with Crippen LogP contribution in [0.5, 0.6) is 5.75 Å². The molecule has 1 rings (SSSR count). The number of nitrogens with one attached hydrogen (secondary N) is 1. The summed E-state index contributed by atoms with van der Waals surface area (Å²) >= 11 is 4.34. The molecule has 0 heterocycles. The van der Waals surface area contributed by atoms with Crippen LogP contribution in [0, 0.1) is 29.1 Å². The summed E-state index contributed by atoms with van der Waals surface area (Å²) in [6.45, 7) is 4.12. The average Bonchev–Trinajstić information content (AvgIpc) is 2.53. The zero-order valence-electron chi connectivity index (χ0n) is 14.1. The molecule has 1 aromatic carbocycles. The minimum absolute atomic E-state index is 0.151. The number of carbonyl (C=O) groups excluding carboxylic acids is 2. The monoisotopic (exact) mass is 399 g/mol. The van der Waals surface area contributed by atoms with Crippen LogP contribution in [0.1, 0.15) is 39.5 Å². The van der Waals surface area contributed by atoms with E-state index in [2.05, 4.69) is 22.7 Å². The summed E-state index contributed by atoms with van der Waals surface area (Å²) in [6, 6.07) is 0. The third kappa shape index (κ3) is 6.47. The molecule has 0 atom stereocenters. The summed E-state index contributed by atoms with van der Waals surface area (Å²) in [4.78, 5) is 23.0. The highest BCUT2D eigenvalue weighted by Crippen LogP contribution is 2.29. The van der Waals surface area contributed by atoms with E-state index in [0.717, 1.165) is 12.8 Å². The van der Waals surface area contributed by atoms with E-state index >= 15 is 0 Å². The maximum atomic E-state index is 13.4. The molecular weight excluding hydrogens is 381 g/mol. The van der Waals surface area contributed by atoms with Crippen molar-refractivity contribution in [1.29, 1.82) is 0 Å². The van der Waals surface area contributed by atoms with Gasteiger partial charge in [0, 0.05) is 11.3 Å². The van der Waals surface area contributed by atoms with Gasteiger partial charge in [-0.25, -0.2) is 13.2 Å². The molecular formula is C16H18F5NO3S. The summed E-state index contributed by atoms with van der Waals surface area (Å²) < 4.78 is 69.6. The lowest BCUT2D eigenvalue weighted by molar-refractivity contribution is -0.139. The van der Waals surface area contributed by atoms with Crippen LogP contribution in [0.15, 0.2) is 0 Å². The molecule has 0 aliphatic carbocycles. The molecule has 0 unspecified atom stereocenters. The van der Waals surface area contributed by atoms with Gasteiger partial charge in [0.1, 0.15) is 6.42 Å². The van der Waals surface area contributed by atoms with E-state index in [4.69, 9.17) is 0 Å². The van der Waals surface area contributed by atoms with E-state index in [0.29, 0.717) is 6.42 Å². The molecule has 10 heteroatoms. The molecule has 0 fully saturated rings. The second kappa shape index (κ2) is 9.20. The summed E-state index contributed by atoms with van der Waals surface area (Å²) in [6.07, 6.45) is 1.25. The molecule has 1 aromatic rings. The van der Waals surface area contributed by atoms with Gasteiger partial charge in [-0.05, 0) is 12.8 Å². The fraction of sp³-hybridized carbons (Fsp3) is 0.500. The van der Waals surface area contributed by atoms with Gasteiger partial charge in [-0.1, -0.05) is 20.3 Å². The van der Waals surface area contributed by atoms with Crippen molar-refractivity contribution in [2.75, 3.05) is 6.54 Å². The normalized spacial score (nSPS) is 11.4. The van der Waals surface area contributed by atoms with Gasteiger partial charge < -0.3 is 10.1 Å². The molecule has 0 bridgehead atoms. The SMILES string of the molecule is CC(C)(S)CCCCNC(=O)CC(=O)Oc1c(F)c(F)c(F)c(F)c1F. The van der Waals surface area contributed by atoms with Crippen LogP contribution >= 0.6 is 12.6 Å². The molecule has 0 radical (unpaired) electrons. The lowest BCUT2D eigenvalue weighted by Crippen LogP contribution is -2.28. The van der Waals surface area contributed by atoms with Crippen molar-refractivity contribution in [3.8, 4) is 5.75 Å². The zero-order chi connectivity index (χ0) is 20.1. The fourth-order valence-electron chi connectivity index (χ4n) is 1.93. The number of rotatable bonds is 8. The molecule has 0 saturated carbocycles. The van der Waals surface area contributed by atoms with E-state index < -0.39 is 53.1 Å². The lowest BCUT2D eigenvalue weighted by atomic mass is 10.1. The number of esters is 1. The minimum atomic E-state index is -2.37. The standard InChI is InChI=1S/C16H18F5NO3S/c1-16(2,26)5-3-4-6-22-8(23)7-9(24)25-15-13(20)11(18)10(17)12(19)14(15)21/h26H,3-7H2,1-2H3,(H,22,23). The molecule has 0 aromatic heterocycles. The van der Waals surface area contributed by atoms with Gasteiger partial charge in [-0.2, -0.15) is 21.4 Å². The van der Waals surface area contributed by atoms with Crippen molar-refractivity contribution >= 4 is 24.5 Å². The molecule has 0 aliphatic heterocycles. The van der Waals surface area contributed by atoms with E-state index in [1.165, 1.54) is 0 Å². The van der Waals surface area contributed by atoms with Crippen LogP contribution in [-0.4, -0.2) is 23.2 Å². The molecule has 0 spiro atoms. The Hall–Kier alpha value is -1.84. The maximum Gasteiger partial charge on any atom is 0.320 e. The van der Waals surface area contributed by atoms with E-state index in [-0.39, 0.29) is 11.3 Å². The molecule has 1 amide bonds. The van der Waals surface area contributed by atoms with Gasteiger partial charge in [0.05, 0.1) is 0 Å². The van der Waals surface area contributed by atoms with Crippen LogP contribution in [0.3, 0.4) is 0 Å². The van der Waals surface area contributed by atoms with Crippen molar-refractivity contribution in [3.05, 3.63) is 29.1 Å². The third-order valence-corrected chi connectivity index (χ3v) is 3.45. The second-order valence-corrected chi connectivity index (χ2v) is 7.38. The van der Waals surface area contributed by atoms with Crippen LogP contribution in [-0.2, 0) is 9.59 Å². The Morgan fingerprint density at radius 3 is 1.96 bits per heavy atom. The van der Waals surface area contributed by atoms with Crippen LogP contribution in [0.4, 0.5) is 22.0 Å². The van der Waals surface area contributed by atoms with E-state index in [1.807, 2.05) is 13.8 Å². The molecule has 4 nitrogen and oxygen atoms in total. The molecule has 0 aliphatic rings. The van der Waals surface area contributed by atoms with E-state index in [1.54, 1.807) is 0 Å².